The lowest BCUT2D eigenvalue weighted by molar-refractivity contribution is -0.136. The van der Waals surface area contributed by atoms with Crippen LogP contribution < -0.4 is 10.1 Å². The first-order valence-electron chi connectivity index (χ1n) is 9.97. The van der Waals surface area contributed by atoms with Gasteiger partial charge in [0.15, 0.2) is 0 Å². The lowest BCUT2D eigenvalue weighted by Crippen LogP contribution is -2.17. The Hall–Kier alpha value is -3.87. The van der Waals surface area contributed by atoms with Crippen LogP contribution in [0, 0.1) is 0 Å². The molecule has 162 valence electrons. The molecule has 0 unspecified atom stereocenters. The summed E-state index contributed by atoms with van der Waals surface area (Å²) < 4.78 is 45.5. The number of rotatable bonds is 5. The quantitative estimate of drug-likeness (QED) is 0.385. The number of carbonyl (C=O) groups is 1. The predicted octanol–water partition coefficient (Wildman–Crippen LogP) is 6.57. The van der Waals surface area contributed by atoms with E-state index in [1.807, 2.05) is 19.1 Å². The van der Waals surface area contributed by atoms with E-state index >= 15 is 0 Å². The first kappa shape index (κ1) is 21.4. The van der Waals surface area contributed by atoms with Crippen molar-refractivity contribution in [3.8, 4) is 17.0 Å². The largest absolute Gasteiger partial charge is 0.494 e. The number of alkyl halides is 3. The molecule has 0 aliphatic carbocycles. The van der Waals surface area contributed by atoms with Gasteiger partial charge in [-0.1, -0.05) is 30.3 Å². The predicted molar refractivity (Wildman–Crippen MR) is 118 cm³/mol. The molecule has 0 fully saturated rings. The van der Waals surface area contributed by atoms with Crippen molar-refractivity contribution in [2.45, 2.75) is 13.1 Å². The fourth-order valence-corrected chi connectivity index (χ4v) is 3.43. The molecule has 0 saturated carbocycles. The second-order valence-electron chi connectivity index (χ2n) is 7.03. The Kier molecular flexibility index (Phi) is 5.81. The lowest BCUT2D eigenvalue weighted by Gasteiger charge is -2.15. The zero-order valence-electron chi connectivity index (χ0n) is 17.1. The summed E-state index contributed by atoms with van der Waals surface area (Å²) in [6, 6.07) is 20.7. The summed E-state index contributed by atoms with van der Waals surface area (Å²) in [7, 11) is 0. The van der Waals surface area contributed by atoms with Crippen molar-refractivity contribution in [3.63, 3.8) is 0 Å². The van der Waals surface area contributed by atoms with Gasteiger partial charge in [-0.05, 0) is 55.5 Å². The molecule has 0 atom stereocenters. The molecule has 0 bridgehead atoms. The molecule has 0 saturated heterocycles. The minimum Gasteiger partial charge on any atom is -0.494 e. The van der Waals surface area contributed by atoms with Gasteiger partial charge < -0.3 is 10.1 Å². The summed E-state index contributed by atoms with van der Waals surface area (Å²) in [4.78, 5) is 17.7. The Morgan fingerprint density at radius 2 is 1.66 bits per heavy atom. The highest BCUT2D eigenvalue weighted by Gasteiger charge is 2.33. The highest BCUT2D eigenvalue weighted by molar-refractivity contribution is 6.13. The summed E-state index contributed by atoms with van der Waals surface area (Å²) in [5.41, 5.74) is 0.876. The van der Waals surface area contributed by atoms with Crippen LogP contribution in [0.2, 0.25) is 0 Å². The number of aromatic nitrogens is 1. The van der Waals surface area contributed by atoms with E-state index in [-0.39, 0.29) is 11.3 Å². The van der Waals surface area contributed by atoms with Crippen LogP contribution in [0.25, 0.3) is 22.2 Å². The number of hydrogen-bond donors (Lipinski definition) is 1. The maximum Gasteiger partial charge on any atom is 0.418 e. The van der Waals surface area contributed by atoms with Crippen molar-refractivity contribution in [3.05, 3.63) is 90.0 Å². The number of fused-ring (bicyclic) bond motifs is 1. The van der Waals surface area contributed by atoms with Gasteiger partial charge in [-0.3, -0.25) is 4.79 Å². The average Bonchev–Trinajstić information content (AvgIpc) is 2.78. The second-order valence-corrected chi connectivity index (χ2v) is 7.03. The van der Waals surface area contributed by atoms with E-state index in [1.165, 1.54) is 18.2 Å². The molecular weight excluding hydrogens is 417 g/mol. The molecule has 4 nitrogen and oxygen atoms in total. The number of hydrogen-bond acceptors (Lipinski definition) is 3. The number of benzene rings is 3. The monoisotopic (exact) mass is 436 g/mol. The second kappa shape index (κ2) is 8.70. The number of nitrogens with one attached hydrogen (secondary N) is 1. The molecule has 0 aliphatic rings. The number of pyridine rings is 1. The van der Waals surface area contributed by atoms with Gasteiger partial charge in [0.25, 0.3) is 5.91 Å². The minimum atomic E-state index is -4.59. The van der Waals surface area contributed by atoms with Gasteiger partial charge in [-0.25, -0.2) is 4.98 Å². The van der Waals surface area contributed by atoms with Gasteiger partial charge in [-0.2, -0.15) is 13.2 Å². The summed E-state index contributed by atoms with van der Waals surface area (Å²) in [6.45, 7) is 2.43. The Morgan fingerprint density at radius 1 is 0.969 bits per heavy atom. The lowest BCUT2D eigenvalue weighted by atomic mass is 10.0. The molecule has 3 aromatic carbocycles. The van der Waals surface area contributed by atoms with Crippen LogP contribution in [0.15, 0.2) is 78.9 Å². The van der Waals surface area contributed by atoms with Crippen LogP contribution in [0.5, 0.6) is 5.75 Å². The third-order valence-electron chi connectivity index (χ3n) is 4.90. The normalized spacial score (nSPS) is 11.4. The Bertz CT molecular complexity index is 1270. The van der Waals surface area contributed by atoms with E-state index in [2.05, 4.69) is 10.3 Å². The van der Waals surface area contributed by atoms with Gasteiger partial charge >= 0.3 is 6.18 Å². The molecule has 1 heterocycles. The number of amides is 1. The molecule has 0 radical (unpaired) electrons. The van der Waals surface area contributed by atoms with Crippen molar-refractivity contribution < 1.29 is 22.7 Å². The number of anilines is 1. The van der Waals surface area contributed by atoms with E-state index in [4.69, 9.17) is 4.74 Å². The summed E-state index contributed by atoms with van der Waals surface area (Å²) in [5.74, 6) is 0.0613. The van der Waals surface area contributed by atoms with Gasteiger partial charge in [0, 0.05) is 10.9 Å². The summed E-state index contributed by atoms with van der Waals surface area (Å²) >= 11 is 0. The number of halogens is 3. The van der Waals surface area contributed by atoms with Crippen molar-refractivity contribution in [2.24, 2.45) is 0 Å². The molecule has 4 rings (SSSR count). The molecule has 1 aromatic heterocycles. The zero-order chi connectivity index (χ0) is 22.7. The number of para-hydroxylation sites is 2. The first-order chi connectivity index (χ1) is 15.4. The summed E-state index contributed by atoms with van der Waals surface area (Å²) in [5, 5.41) is 2.97. The number of ether oxygens (including phenoxy) is 1. The smallest absolute Gasteiger partial charge is 0.418 e. The third-order valence-corrected chi connectivity index (χ3v) is 4.90. The molecule has 32 heavy (non-hydrogen) atoms. The Labute approximate surface area is 182 Å². The molecule has 7 heteroatoms. The van der Waals surface area contributed by atoms with E-state index in [0.29, 0.717) is 29.0 Å². The van der Waals surface area contributed by atoms with Crippen LogP contribution in [-0.2, 0) is 6.18 Å². The average molecular weight is 436 g/mol. The topological polar surface area (TPSA) is 51.2 Å². The molecule has 0 spiro atoms. The molecule has 1 amide bonds. The molecule has 4 aromatic rings. The maximum atomic E-state index is 13.4. The highest BCUT2D eigenvalue weighted by Crippen LogP contribution is 2.35. The SMILES string of the molecule is CCOc1ccc(-c2cc(C(=O)Nc3ccccc3C(F)(F)F)c3ccccc3n2)cc1. The van der Waals surface area contributed by atoms with Gasteiger partial charge in [-0.15, -0.1) is 0 Å². The maximum absolute atomic E-state index is 13.4. The summed E-state index contributed by atoms with van der Waals surface area (Å²) in [6.07, 6.45) is -4.59. The first-order valence-corrected chi connectivity index (χ1v) is 9.97. The molecule has 0 aliphatic heterocycles. The molecule has 1 N–H and O–H groups in total. The van der Waals surface area contributed by atoms with Crippen LogP contribution in [-0.4, -0.2) is 17.5 Å². The standard InChI is InChI=1S/C25H19F3N2O2/c1-2-32-17-13-11-16(12-14-17)23-15-19(18-7-3-5-9-21(18)29-23)24(31)30-22-10-6-4-8-20(22)25(26,27)28/h3-15H,2H2,1H3,(H,30,31). The number of carbonyl (C=O) groups excluding carboxylic acids is 1. The fourth-order valence-electron chi connectivity index (χ4n) is 3.43. The minimum absolute atomic E-state index is 0.233. The highest BCUT2D eigenvalue weighted by atomic mass is 19.4. The van der Waals surface area contributed by atoms with Crippen LogP contribution >= 0.6 is 0 Å². The van der Waals surface area contributed by atoms with Crippen LogP contribution in [0.1, 0.15) is 22.8 Å². The van der Waals surface area contributed by atoms with E-state index in [1.54, 1.807) is 42.5 Å². The van der Waals surface area contributed by atoms with E-state index in [9.17, 15) is 18.0 Å². The van der Waals surface area contributed by atoms with Crippen LogP contribution in [0.3, 0.4) is 0 Å². The van der Waals surface area contributed by atoms with E-state index < -0.39 is 17.6 Å². The Morgan fingerprint density at radius 3 is 2.38 bits per heavy atom. The van der Waals surface area contributed by atoms with Crippen molar-refractivity contribution in [1.82, 2.24) is 4.98 Å². The van der Waals surface area contributed by atoms with Gasteiger partial charge in [0.1, 0.15) is 5.75 Å². The van der Waals surface area contributed by atoms with Crippen molar-refractivity contribution in [2.75, 3.05) is 11.9 Å². The van der Waals surface area contributed by atoms with Crippen molar-refractivity contribution >= 4 is 22.5 Å². The fraction of sp³-hybridized carbons (Fsp3) is 0.120. The van der Waals surface area contributed by atoms with Gasteiger partial charge in [0.2, 0.25) is 0 Å². The van der Waals surface area contributed by atoms with Crippen LogP contribution in [0.4, 0.5) is 18.9 Å². The third kappa shape index (κ3) is 4.42. The van der Waals surface area contributed by atoms with Crippen molar-refractivity contribution in [1.29, 1.82) is 0 Å². The Balaban J connectivity index is 1.76. The van der Waals surface area contributed by atoms with E-state index in [0.717, 1.165) is 11.6 Å². The van der Waals surface area contributed by atoms with Gasteiger partial charge in [0.05, 0.1) is 34.6 Å². The molecular formula is C25H19F3N2O2. The number of nitrogens with zero attached hydrogens (tertiary/aromatic N) is 1. The zero-order valence-corrected chi connectivity index (χ0v) is 17.1.